The SMILES string of the molecule is CC(C)(CP)NC(=O)c1cc(-c2ccc(F)cc2)nc(-c2ccnn2C(C)(C)C)c1. The molecule has 0 saturated heterocycles. The molecule has 1 aromatic carbocycles. The molecule has 0 aliphatic carbocycles. The van der Waals surface area contributed by atoms with E-state index in [2.05, 4.69) is 40.4 Å². The van der Waals surface area contributed by atoms with E-state index in [4.69, 9.17) is 4.98 Å². The van der Waals surface area contributed by atoms with Crippen LogP contribution in [0.5, 0.6) is 0 Å². The van der Waals surface area contributed by atoms with E-state index in [9.17, 15) is 9.18 Å². The Labute approximate surface area is 179 Å². The smallest absolute Gasteiger partial charge is 0.251 e. The van der Waals surface area contributed by atoms with E-state index in [1.807, 2.05) is 24.6 Å². The first kappa shape index (κ1) is 22.1. The van der Waals surface area contributed by atoms with Crippen LogP contribution in [-0.2, 0) is 5.54 Å². The molecule has 2 heterocycles. The Balaban J connectivity index is 2.15. The minimum Gasteiger partial charge on any atom is -0.347 e. The van der Waals surface area contributed by atoms with Crippen molar-refractivity contribution in [1.82, 2.24) is 20.1 Å². The van der Waals surface area contributed by atoms with Gasteiger partial charge in [-0.05, 0) is 83.2 Å². The largest absolute Gasteiger partial charge is 0.347 e. The second-order valence-corrected chi connectivity index (χ2v) is 9.38. The number of halogens is 1. The van der Waals surface area contributed by atoms with Crippen LogP contribution in [0.25, 0.3) is 22.6 Å². The summed E-state index contributed by atoms with van der Waals surface area (Å²) in [4.78, 5) is 17.8. The zero-order chi connectivity index (χ0) is 22.1. The third-order valence-corrected chi connectivity index (χ3v) is 5.75. The Morgan fingerprint density at radius 3 is 2.30 bits per heavy atom. The molecule has 7 heteroatoms. The van der Waals surface area contributed by atoms with E-state index >= 15 is 0 Å². The van der Waals surface area contributed by atoms with Crippen LogP contribution in [0.15, 0.2) is 48.7 Å². The lowest BCUT2D eigenvalue weighted by molar-refractivity contribution is 0.0921. The van der Waals surface area contributed by atoms with Crippen molar-refractivity contribution in [3.63, 3.8) is 0 Å². The van der Waals surface area contributed by atoms with Gasteiger partial charge in [-0.3, -0.25) is 9.48 Å². The fraction of sp³-hybridized carbons (Fsp3) is 0.348. The van der Waals surface area contributed by atoms with E-state index in [1.54, 1.807) is 30.5 Å². The lowest BCUT2D eigenvalue weighted by atomic mass is 10.0. The van der Waals surface area contributed by atoms with Crippen molar-refractivity contribution in [3.8, 4) is 22.6 Å². The van der Waals surface area contributed by atoms with Crippen molar-refractivity contribution in [2.75, 3.05) is 6.16 Å². The van der Waals surface area contributed by atoms with Crippen molar-refractivity contribution < 1.29 is 9.18 Å². The fourth-order valence-corrected chi connectivity index (χ4v) is 3.13. The topological polar surface area (TPSA) is 59.8 Å². The third kappa shape index (κ3) is 4.93. The molecule has 1 N–H and O–H groups in total. The van der Waals surface area contributed by atoms with Gasteiger partial charge in [-0.1, -0.05) is 0 Å². The van der Waals surface area contributed by atoms with Crippen LogP contribution in [0, 0.1) is 5.82 Å². The van der Waals surface area contributed by atoms with Gasteiger partial charge < -0.3 is 5.32 Å². The summed E-state index contributed by atoms with van der Waals surface area (Å²) < 4.78 is 15.3. The number of nitrogens with one attached hydrogen (secondary N) is 1. The maximum Gasteiger partial charge on any atom is 0.251 e. The summed E-state index contributed by atoms with van der Waals surface area (Å²) in [5, 5.41) is 7.51. The number of benzene rings is 1. The first-order valence-electron chi connectivity index (χ1n) is 9.86. The second-order valence-electron chi connectivity index (χ2n) is 8.97. The lowest BCUT2D eigenvalue weighted by Crippen LogP contribution is -2.44. The Hall–Kier alpha value is -2.59. The summed E-state index contributed by atoms with van der Waals surface area (Å²) in [6, 6.07) is 11.5. The van der Waals surface area contributed by atoms with E-state index in [1.165, 1.54) is 12.1 Å². The molecule has 158 valence electrons. The number of aromatic nitrogens is 3. The minimum atomic E-state index is -0.367. The zero-order valence-corrected chi connectivity index (χ0v) is 19.2. The highest BCUT2D eigenvalue weighted by Crippen LogP contribution is 2.28. The Morgan fingerprint density at radius 2 is 1.70 bits per heavy atom. The molecule has 0 aliphatic heterocycles. The van der Waals surface area contributed by atoms with Gasteiger partial charge in [0.15, 0.2) is 0 Å². The number of pyridine rings is 1. The highest BCUT2D eigenvalue weighted by Gasteiger charge is 2.23. The summed E-state index contributed by atoms with van der Waals surface area (Å²) in [5.41, 5.74) is 2.66. The molecule has 1 atom stereocenters. The molecule has 2 aromatic heterocycles. The fourth-order valence-electron chi connectivity index (χ4n) is 3.02. The van der Waals surface area contributed by atoms with Crippen molar-refractivity contribution in [3.05, 3.63) is 60.0 Å². The Kier molecular flexibility index (Phi) is 6.09. The molecule has 3 aromatic rings. The number of carbonyl (C=O) groups is 1. The number of hydrogen-bond donors (Lipinski definition) is 1. The summed E-state index contributed by atoms with van der Waals surface area (Å²) >= 11 is 0. The first-order chi connectivity index (χ1) is 14.0. The van der Waals surface area contributed by atoms with Gasteiger partial charge in [-0.2, -0.15) is 5.10 Å². The number of carbonyl (C=O) groups excluding carboxylic acids is 1. The molecule has 0 bridgehead atoms. The molecule has 0 saturated carbocycles. The molecule has 5 nitrogen and oxygen atoms in total. The zero-order valence-electron chi connectivity index (χ0n) is 18.0. The van der Waals surface area contributed by atoms with Gasteiger partial charge >= 0.3 is 0 Å². The standard InChI is InChI=1S/C23H28FN4OP/c1-22(2,3)28-20(10-11-25-28)19-13-16(21(29)27-23(4,5)14-30)12-18(26-19)15-6-8-17(24)9-7-15/h6-13H,14,30H2,1-5H3,(H,27,29). The second kappa shape index (κ2) is 8.27. The van der Waals surface area contributed by atoms with Crippen LogP contribution in [0.1, 0.15) is 45.0 Å². The van der Waals surface area contributed by atoms with Crippen molar-refractivity contribution in [1.29, 1.82) is 0 Å². The van der Waals surface area contributed by atoms with Gasteiger partial charge in [0, 0.05) is 22.9 Å². The number of hydrogen-bond acceptors (Lipinski definition) is 3. The van der Waals surface area contributed by atoms with Gasteiger partial charge in [0.25, 0.3) is 5.91 Å². The first-order valence-corrected chi connectivity index (χ1v) is 10.7. The summed E-state index contributed by atoms with van der Waals surface area (Å²) in [7, 11) is 2.65. The Morgan fingerprint density at radius 1 is 1.07 bits per heavy atom. The summed E-state index contributed by atoms with van der Waals surface area (Å²) in [6.07, 6.45) is 2.45. The van der Waals surface area contributed by atoms with Crippen LogP contribution in [0.4, 0.5) is 4.39 Å². The van der Waals surface area contributed by atoms with E-state index in [-0.39, 0.29) is 22.8 Å². The average Bonchev–Trinajstić information content (AvgIpc) is 3.18. The van der Waals surface area contributed by atoms with E-state index in [0.717, 1.165) is 17.4 Å². The van der Waals surface area contributed by atoms with Gasteiger partial charge in [-0.15, -0.1) is 9.24 Å². The van der Waals surface area contributed by atoms with E-state index < -0.39 is 0 Å². The van der Waals surface area contributed by atoms with Gasteiger partial charge in [0.05, 0.1) is 22.6 Å². The highest BCUT2D eigenvalue weighted by atomic mass is 31.0. The van der Waals surface area contributed by atoms with Gasteiger partial charge in [0.2, 0.25) is 0 Å². The highest BCUT2D eigenvalue weighted by molar-refractivity contribution is 7.16. The quantitative estimate of drug-likeness (QED) is 0.591. The lowest BCUT2D eigenvalue weighted by Gasteiger charge is -2.25. The van der Waals surface area contributed by atoms with Gasteiger partial charge in [0.1, 0.15) is 5.82 Å². The van der Waals surface area contributed by atoms with E-state index in [0.29, 0.717) is 17.0 Å². The Bertz CT molecular complexity index is 1050. The molecule has 0 radical (unpaired) electrons. The van der Waals surface area contributed by atoms with Gasteiger partial charge in [-0.25, -0.2) is 9.37 Å². The molecule has 0 fully saturated rings. The van der Waals surface area contributed by atoms with Crippen LogP contribution in [0.3, 0.4) is 0 Å². The van der Waals surface area contributed by atoms with Crippen molar-refractivity contribution in [2.45, 2.75) is 45.7 Å². The average molecular weight is 426 g/mol. The molecule has 0 aliphatic rings. The number of nitrogens with zero attached hydrogens (tertiary/aromatic N) is 3. The van der Waals surface area contributed by atoms with Crippen LogP contribution >= 0.6 is 9.24 Å². The normalized spacial score (nSPS) is 12.1. The minimum absolute atomic E-state index is 0.184. The molecule has 3 rings (SSSR count). The predicted molar refractivity (Wildman–Crippen MR) is 122 cm³/mol. The third-order valence-electron chi connectivity index (χ3n) is 4.73. The molecular weight excluding hydrogens is 398 g/mol. The van der Waals surface area contributed by atoms with Crippen molar-refractivity contribution in [2.24, 2.45) is 0 Å². The number of rotatable bonds is 5. The molecule has 1 unspecified atom stereocenters. The molecular formula is C23H28FN4OP. The predicted octanol–water partition coefficient (Wildman–Crippen LogP) is 4.89. The maximum atomic E-state index is 13.4. The maximum absolute atomic E-state index is 13.4. The van der Waals surface area contributed by atoms with Crippen LogP contribution < -0.4 is 5.32 Å². The van der Waals surface area contributed by atoms with Crippen LogP contribution in [-0.4, -0.2) is 32.4 Å². The molecule has 30 heavy (non-hydrogen) atoms. The van der Waals surface area contributed by atoms with Crippen molar-refractivity contribution >= 4 is 15.1 Å². The van der Waals surface area contributed by atoms with Crippen LogP contribution in [0.2, 0.25) is 0 Å². The summed E-state index contributed by atoms with van der Waals surface area (Å²) in [6.45, 7) is 10.1. The summed E-state index contributed by atoms with van der Waals surface area (Å²) in [5.74, 6) is -0.503. The molecule has 1 amide bonds. The number of amides is 1. The monoisotopic (exact) mass is 426 g/mol. The molecule has 0 spiro atoms.